The summed E-state index contributed by atoms with van der Waals surface area (Å²) in [5.41, 5.74) is 6.89. The molecule has 0 aliphatic carbocycles. The van der Waals surface area contributed by atoms with Crippen molar-refractivity contribution < 1.29 is 19.2 Å². The van der Waals surface area contributed by atoms with Crippen LogP contribution in [0.1, 0.15) is 16.7 Å². The monoisotopic (exact) mass is 369 g/mol. The molecule has 0 saturated carbocycles. The van der Waals surface area contributed by atoms with Gasteiger partial charge >= 0.3 is 0 Å². The van der Waals surface area contributed by atoms with Crippen molar-refractivity contribution in [1.29, 1.82) is 0 Å². The van der Waals surface area contributed by atoms with Gasteiger partial charge in [0.05, 0.1) is 4.92 Å². The molecule has 8 heteroatoms. The fraction of sp³-hybridized carbons (Fsp3) is 0.158. The first-order chi connectivity index (χ1) is 12.9. The van der Waals surface area contributed by atoms with Gasteiger partial charge in [-0.05, 0) is 48.7 Å². The van der Waals surface area contributed by atoms with Crippen LogP contribution >= 0.6 is 0 Å². The van der Waals surface area contributed by atoms with Crippen molar-refractivity contribution in [2.45, 2.75) is 13.8 Å². The van der Waals surface area contributed by atoms with Gasteiger partial charge in [-0.25, -0.2) is 0 Å². The highest BCUT2D eigenvalue weighted by molar-refractivity contribution is 5.93. The zero-order chi connectivity index (χ0) is 19.8. The molecule has 2 aromatic carbocycles. The highest BCUT2D eigenvalue weighted by atomic mass is 16.6. The zero-order valence-electron chi connectivity index (χ0n) is 14.9. The van der Waals surface area contributed by atoms with E-state index in [0.29, 0.717) is 11.3 Å². The average Bonchev–Trinajstić information content (AvgIpc) is 2.64. The summed E-state index contributed by atoms with van der Waals surface area (Å²) in [6.07, 6.45) is 2.67. The van der Waals surface area contributed by atoms with Gasteiger partial charge in [0, 0.05) is 18.2 Å². The van der Waals surface area contributed by atoms with Crippen LogP contribution in [0.3, 0.4) is 0 Å². The number of hydrazine groups is 1. The second-order valence-corrected chi connectivity index (χ2v) is 5.73. The molecule has 0 aromatic heterocycles. The number of amides is 2. The standard InChI is InChI=1S/C19H19N3O5/c1-13-4-3-5-14(2)19(13)27-12-18(24)21-20-17(23)11-8-15-6-9-16(10-7-15)22(25)26/h3-11H,12H2,1-2H3,(H,20,23)(H,21,24)/b11-8+. The van der Waals surface area contributed by atoms with Crippen LogP contribution in [-0.2, 0) is 9.59 Å². The summed E-state index contributed by atoms with van der Waals surface area (Å²) in [5, 5.41) is 10.6. The molecule has 0 aliphatic heterocycles. The summed E-state index contributed by atoms with van der Waals surface area (Å²) in [7, 11) is 0. The molecule has 0 atom stereocenters. The Labute approximate surface area is 156 Å². The van der Waals surface area contributed by atoms with Crippen molar-refractivity contribution in [3.63, 3.8) is 0 Å². The zero-order valence-corrected chi connectivity index (χ0v) is 14.9. The fourth-order valence-corrected chi connectivity index (χ4v) is 2.25. The minimum absolute atomic E-state index is 0.0345. The van der Waals surface area contributed by atoms with Crippen LogP contribution < -0.4 is 15.6 Å². The lowest BCUT2D eigenvalue weighted by atomic mass is 10.1. The molecule has 2 aromatic rings. The first-order valence-corrected chi connectivity index (χ1v) is 8.07. The molecule has 2 N–H and O–H groups in total. The van der Waals surface area contributed by atoms with Crippen LogP contribution in [0, 0.1) is 24.0 Å². The molecule has 0 saturated heterocycles. The number of carbonyl (C=O) groups is 2. The number of nitro groups is 1. The summed E-state index contributed by atoms with van der Waals surface area (Å²) in [6.45, 7) is 3.52. The number of hydrogen-bond donors (Lipinski definition) is 2. The van der Waals surface area contributed by atoms with Crippen molar-refractivity contribution in [2.75, 3.05) is 6.61 Å². The van der Waals surface area contributed by atoms with Crippen molar-refractivity contribution in [3.05, 3.63) is 75.3 Å². The maximum atomic E-state index is 11.8. The molecule has 2 rings (SSSR count). The smallest absolute Gasteiger partial charge is 0.276 e. The minimum Gasteiger partial charge on any atom is -0.483 e. The van der Waals surface area contributed by atoms with E-state index in [1.54, 1.807) is 0 Å². The Morgan fingerprint density at radius 3 is 2.30 bits per heavy atom. The molecule has 0 aliphatic rings. The maximum Gasteiger partial charge on any atom is 0.276 e. The number of nitrogens with zero attached hydrogens (tertiary/aromatic N) is 1. The highest BCUT2D eigenvalue weighted by Crippen LogP contribution is 2.21. The van der Waals surface area contributed by atoms with Crippen LogP contribution in [0.25, 0.3) is 6.08 Å². The van der Waals surface area contributed by atoms with Crippen LogP contribution in [0.4, 0.5) is 5.69 Å². The fourth-order valence-electron chi connectivity index (χ4n) is 2.25. The minimum atomic E-state index is -0.547. The van der Waals surface area contributed by atoms with Crippen molar-refractivity contribution in [3.8, 4) is 5.75 Å². The third-order valence-electron chi connectivity index (χ3n) is 3.61. The number of non-ortho nitro benzene ring substituents is 1. The molecule has 2 amide bonds. The second-order valence-electron chi connectivity index (χ2n) is 5.73. The molecule has 0 bridgehead atoms. The van der Waals surface area contributed by atoms with E-state index in [1.165, 1.54) is 36.4 Å². The van der Waals surface area contributed by atoms with Gasteiger partial charge in [0.1, 0.15) is 5.75 Å². The van der Waals surface area contributed by atoms with Crippen molar-refractivity contribution in [1.82, 2.24) is 10.9 Å². The molecule has 0 radical (unpaired) electrons. The first kappa shape index (κ1) is 19.6. The normalized spacial score (nSPS) is 10.4. The lowest BCUT2D eigenvalue weighted by molar-refractivity contribution is -0.384. The summed E-state index contributed by atoms with van der Waals surface area (Å²) in [4.78, 5) is 33.6. The number of aryl methyl sites for hydroxylation is 2. The molecule has 0 heterocycles. The van der Waals surface area contributed by atoms with Gasteiger partial charge in [-0.15, -0.1) is 0 Å². The molecule has 0 fully saturated rings. The Kier molecular flexibility index (Phi) is 6.65. The lowest BCUT2D eigenvalue weighted by Crippen LogP contribution is -2.43. The summed E-state index contributed by atoms with van der Waals surface area (Å²) in [5.74, 6) is -0.416. The molecule has 0 spiro atoms. The van der Waals surface area contributed by atoms with E-state index in [9.17, 15) is 19.7 Å². The number of nitro benzene ring substituents is 1. The van der Waals surface area contributed by atoms with Gasteiger partial charge in [0.25, 0.3) is 17.5 Å². The number of ether oxygens (including phenoxy) is 1. The largest absolute Gasteiger partial charge is 0.483 e. The Bertz CT molecular complexity index is 855. The van der Waals surface area contributed by atoms with Gasteiger partial charge in [0.2, 0.25) is 0 Å². The molecule has 27 heavy (non-hydrogen) atoms. The summed E-state index contributed by atoms with van der Waals surface area (Å²) < 4.78 is 5.49. The van der Waals surface area contributed by atoms with E-state index in [4.69, 9.17) is 4.74 Å². The quantitative estimate of drug-likeness (QED) is 0.462. The predicted molar refractivity (Wildman–Crippen MR) is 99.8 cm³/mol. The Morgan fingerprint density at radius 1 is 1.07 bits per heavy atom. The first-order valence-electron chi connectivity index (χ1n) is 8.07. The van der Waals surface area contributed by atoms with Crippen LogP contribution in [0.2, 0.25) is 0 Å². The molecule has 8 nitrogen and oxygen atoms in total. The van der Waals surface area contributed by atoms with Crippen molar-refractivity contribution >= 4 is 23.6 Å². The maximum absolute atomic E-state index is 11.8. The molecule has 140 valence electrons. The third-order valence-corrected chi connectivity index (χ3v) is 3.61. The predicted octanol–water partition coefficient (Wildman–Crippen LogP) is 2.45. The van der Waals surface area contributed by atoms with E-state index in [-0.39, 0.29) is 12.3 Å². The summed E-state index contributed by atoms with van der Waals surface area (Å²) >= 11 is 0. The van der Waals surface area contributed by atoms with E-state index in [0.717, 1.165) is 11.1 Å². The third kappa shape index (κ3) is 5.96. The van der Waals surface area contributed by atoms with E-state index in [1.807, 2.05) is 32.0 Å². The Hall–Kier alpha value is -3.68. The van der Waals surface area contributed by atoms with Crippen LogP contribution in [0.15, 0.2) is 48.5 Å². The SMILES string of the molecule is Cc1cccc(C)c1OCC(=O)NNC(=O)/C=C/c1ccc([N+](=O)[O-])cc1. The van der Waals surface area contributed by atoms with E-state index in [2.05, 4.69) is 10.9 Å². The number of carbonyl (C=O) groups excluding carboxylic acids is 2. The molecular formula is C19H19N3O5. The van der Waals surface area contributed by atoms with Crippen molar-refractivity contribution in [2.24, 2.45) is 0 Å². The van der Waals surface area contributed by atoms with Crippen LogP contribution in [0.5, 0.6) is 5.75 Å². The lowest BCUT2D eigenvalue weighted by Gasteiger charge is -2.11. The topological polar surface area (TPSA) is 111 Å². The van der Waals surface area contributed by atoms with Gasteiger partial charge in [-0.3, -0.25) is 30.6 Å². The molecule has 0 unspecified atom stereocenters. The number of hydrogen-bond acceptors (Lipinski definition) is 5. The summed E-state index contributed by atoms with van der Waals surface area (Å²) in [6, 6.07) is 11.4. The number of para-hydroxylation sites is 1. The van der Waals surface area contributed by atoms with Gasteiger partial charge < -0.3 is 4.74 Å². The second kappa shape index (κ2) is 9.14. The van der Waals surface area contributed by atoms with Gasteiger partial charge in [-0.2, -0.15) is 0 Å². The van der Waals surface area contributed by atoms with Gasteiger partial charge in [0.15, 0.2) is 6.61 Å². The van der Waals surface area contributed by atoms with E-state index >= 15 is 0 Å². The van der Waals surface area contributed by atoms with Gasteiger partial charge in [-0.1, -0.05) is 18.2 Å². The van der Waals surface area contributed by atoms with E-state index < -0.39 is 16.7 Å². The number of rotatable bonds is 6. The Morgan fingerprint density at radius 2 is 1.70 bits per heavy atom. The molecular weight excluding hydrogens is 350 g/mol. The highest BCUT2D eigenvalue weighted by Gasteiger charge is 2.08. The number of benzene rings is 2. The van der Waals surface area contributed by atoms with Crippen LogP contribution in [-0.4, -0.2) is 23.3 Å². The Balaban J connectivity index is 1.79. The number of nitrogens with one attached hydrogen (secondary N) is 2. The average molecular weight is 369 g/mol.